The third-order valence-corrected chi connectivity index (χ3v) is 1.90. The molecule has 1 aromatic rings. The van der Waals surface area contributed by atoms with Crippen molar-refractivity contribution in [3.63, 3.8) is 0 Å². The molecule has 0 aliphatic rings. The highest BCUT2D eigenvalue weighted by atomic mass is 16.2. The lowest BCUT2D eigenvalue weighted by Crippen LogP contribution is -2.16. The molecule has 1 heterocycles. The fourth-order valence-corrected chi connectivity index (χ4v) is 1.09. The van der Waals surface area contributed by atoms with Gasteiger partial charge < -0.3 is 10.4 Å². The Hall–Kier alpha value is -1.00. The molecular formula is C10H17N3O. The molecule has 14 heavy (non-hydrogen) atoms. The van der Waals surface area contributed by atoms with Crippen molar-refractivity contribution in [1.82, 2.24) is 15.3 Å². The van der Waals surface area contributed by atoms with Gasteiger partial charge in [0.2, 0.25) is 0 Å². The zero-order valence-electron chi connectivity index (χ0n) is 8.53. The van der Waals surface area contributed by atoms with Crippen molar-refractivity contribution in [2.45, 2.75) is 26.3 Å². The van der Waals surface area contributed by atoms with Crippen LogP contribution >= 0.6 is 0 Å². The molecule has 0 radical (unpaired) electrons. The summed E-state index contributed by atoms with van der Waals surface area (Å²) < 4.78 is 0. The summed E-state index contributed by atoms with van der Waals surface area (Å²) in [6, 6.07) is 0. The van der Waals surface area contributed by atoms with Gasteiger partial charge in [0.05, 0.1) is 11.4 Å². The molecule has 0 saturated heterocycles. The van der Waals surface area contributed by atoms with Crippen molar-refractivity contribution in [3.05, 3.63) is 23.8 Å². The lowest BCUT2D eigenvalue weighted by molar-refractivity contribution is 0.283. The maximum Gasteiger partial charge on any atom is 0.0724 e. The summed E-state index contributed by atoms with van der Waals surface area (Å²) >= 11 is 0. The molecule has 0 spiro atoms. The zero-order valence-corrected chi connectivity index (χ0v) is 8.53. The highest BCUT2D eigenvalue weighted by Crippen LogP contribution is 1.93. The summed E-state index contributed by atoms with van der Waals surface area (Å²) in [5.41, 5.74) is 1.90. The molecule has 1 rings (SSSR count). The first-order chi connectivity index (χ1) is 6.83. The number of rotatable bonds is 6. The average Bonchev–Trinajstić information content (AvgIpc) is 2.21. The van der Waals surface area contributed by atoms with E-state index in [9.17, 15) is 0 Å². The Bertz CT molecular complexity index is 248. The fourth-order valence-electron chi connectivity index (χ4n) is 1.09. The fraction of sp³-hybridized carbons (Fsp3) is 0.600. The largest absolute Gasteiger partial charge is 0.396 e. The third-order valence-electron chi connectivity index (χ3n) is 1.90. The molecule has 0 amide bonds. The van der Waals surface area contributed by atoms with Crippen molar-refractivity contribution < 1.29 is 5.11 Å². The highest BCUT2D eigenvalue weighted by molar-refractivity contribution is 4.99. The first-order valence-corrected chi connectivity index (χ1v) is 4.92. The van der Waals surface area contributed by atoms with Gasteiger partial charge >= 0.3 is 0 Å². The summed E-state index contributed by atoms with van der Waals surface area (Å²) in [6.07, 6.45) is 5.40. The van der Waals surface area contributed by atoms with Gasteiger partial charge in [0, 0.05) is 25.5 Å². The standard InChI is InChI=1S/C10H17N3O/c1-9-6-13-10(8-12-9)7-11-4-2-3-5-14/h6,8,11,14H,2-5,7H2,1H3. The molecule has 0 aromatic carbocycles. The quantitative estimate of drug-likeness (QED) is 0.654. The normalized spacial score (nSPS) is 10.4. The minimum absolute atomic E-state index is 0.270. The molecule has 1 aromatic heterocycles. The Kier molecular flexibility index (Phi) is 5.11. The second kappa shape index (κ2) is 6.45. The monoisotopic (exact) mass is 195 g/mol. The van der Waals surface area contributed by atoms with Gasteiger partial charge in [-0.1, -0.05) is 0 Å². The van der Waals surface area contributed by atoms with E-state index in [-0.39, 0.29) is 6.61 Å². The number of hydrogen-bond acceptors (Lipinski definition) is 4. The number of aliphatic hydroxyl groups excluding tert-OH is 1. The van der Waals surface area contributed by atoms with Crippen LogP contribution in [0.1, 0.15) is 24.2 Å². The maximum absolute atomic E-state index is 8.56. The second-order valence-electron chi connectivity index (χ2n) is 3.26. The number of nitrogens with one attached hydrogen (secondary N) is 1. The van der Waals surface area contributed by atoms with Crippen molar-refractivity contribution in [1.29, 1.82) is 0 Å². The Labute approximate surface area is 84.4 Å². The van der Waals surface area contributed by atoms with Gasteiger partial charge in [-0.25, -0.2) is 0 Å². The Morgan fingerprint density at radius 2 is 2.14 bits per heavy atom. The number of aryl methyl sites for hydroxylation is 1. The maximum atomic E-state index is 8.56. The van der Waals surface area contributed by atoms with Crippen LogP contribution in [0.25, 0.3) is 0 Å². The van der Waals surface area contributed by atoms with Gasteiger partial charge in [-0.05, 0) is 26.3 Å². The van der Waals surface area contributed by atoms with E-state index in [2.05, 4.69) is 15.3 Å². The molecule has 2 N–H and O–H groups in total. The molecule has 4 heteroatoms. The Morgan fingerprint density at radius 3 is 2.79 bits per heavy atom. The van der Waals surface area contributed by atoms with E-state index in [1.807, 2.05) is 6.92 Å². The zero-order chi connectivity index (χ0) is 10.2. The number of aromatic nitrogens is 2. The summed E-state index contributed by atoms with van der Waals surface area (Å²) in [6.45, 7) is 3.85. The lowest BCUT2D eigenvalue weighted by atomic mass is 10.3. The van der Waals surface area contributed by atoms with Crippen LogP contribution in [0.5, 0.6) is 0 Å². The molecule has 0 fully saturated rings. The number of nitrogens with zero attached hydrogens (tertiary/aromatic N) is 2. The van der Waals surface area contributed by atoms with Crippen LogP contribution in [0.2, 0.25) is 0 Å². The number of unbranched alkanes of at least 4 members (excludes halogenated alkanes) is 1. The van der Waals surface area contributed by atoms with Crippen molar-refractivity contribution in [2.75, 3.05) is 13.2 Å². The van der Waals surface area contributed by atoms with E-state index in [1.54, 1.807) is 12.4 Å². The number of hydrogen-bond donors (Lipinski definition) is 2. The molecule has 0 aliphatic heterocycles. The molecule has 78 valence electrons. The van der Waals surface area contributed by atoms with Crippen LogP contribution in [0.4, 0.5) is 0 Å². The van der Waals surface area contributed by atoms with E-state index in [4.69, 9.17) is 5.11 Å². The number of aliphatic hydroxyl groups is 1. The topological polar surface area (TPSA) is 58.0 Å². The minimum Gasteiger partial charge on any atom is -0.396 e. The van der Waals surface area contributed by atoms with Crippen LogP contribution in [-0.2, 0) is 6.54 Å². The van der Waals surface area contributed by atoms with Crippen LogP contribution in [-0.4, -0.2) is 28.2 Å². The van der Waals surface area contributed by atoms with E-state index in [0.717, 1.165) is 37.3 Å². The molecule has 4 nitrogen and oxygen atoms in total. The van der Waals surface area contributed by atoms with Crippen LogP contribution in [0, 0.1) is 6.92 Å². The molecule has 0 unspecified atom stereocenters. The highest BCUT2D eigenvalue weighted by Gasteiger charge is 1.94. The SMILES string of the molecule is Cc1cnc(CNCCCCO)cn1. The summed E-state index contributed by atoms with van der Waals surface area (Å²) in [4.78, 5) is 8.37. The smallest absolute Gasteiger partial charge is 0.0724 e. The van der Waals surface area contributed by atoms with Gasteiger partial charge in [-0.2, -0.15) is 0 Å². The Balaban J connectivity index is 2.15. The summed E-state index contributed by atoms with van der Waals surface area (Å²) in [7, 11) is 0. The first kappa shape index (κ1) is 11.1. The van der Waals surface area contributed by atoms with Crippen molar-refractivity contribution >= 4 is 0 Å². The van der Waals surface area contributed by atoms with Crippen LogP contribution in [0.3, 0.4) is 0 Å². The molecule has 0 aliphatic carbocycles. The van der Waals surface area contributed by atoms with Crippen LogP contribution < -0.4 is 5.32 Å². The predicted molar refractivity (Wildman–Crippen MR) is 54.8 cm³/mol. The van der Waals surface area contributed by atoms with Gasteiger partial charge in [0.1, 0.15) is 0 Å². The van der Waals surface area contributed by atoms with E-state index >= 15 is 0 Å². The molecule has 0 saturated carbocycles. The van der Waals surface area contributed by atoms with E-state index < -0.39 is 0 Å². The molecule has 0 atom stereocenters. The average molecular weight is 195 g/mol. The molecule has 0 bridgehead atoms. The van der Waals surface area contributed by atoms with E-state index in [1.165, 1.54) is 0 Å². The van der Waals surface area contributed by atoms with Crippen molar-refractivity contribution in [2.24, 2.45) is 0 Å². The van der Waals surface area contributed by atoms with Gasteiger partial charge in [0.25, 0.3) is 0 Å². The lowest BCUT2D eigenvalue weighted by Gasteiger charge is -2.03. The second-order valence-corrected chi connectivity index (χ2v) is 3.26. The predicted octanol–water partition coefficient (Wildman–Crippen LogP) is 0.647. The summed E-state index contributed by atoms with van der Waals surface area (Å²) in [5.74, 6) is 0. The first-order valence-electron chi connectivity index (χ1n) is 4.92. The van der Waals surface area contributed by atoms with Gasteiger partial charge in [0.15, 0.2) is 0 Å². The van der Waals surface area contributed by atoms with Crippen LogP contribution in [0.15, 0.2) is 12.4 Å². The minimum atomic E-state index is 0.270. The van der Waals surface area contributed by atoms with Gasteiger partial charge in [-0.15, -0.1) is 0 Å². The summed E-state index contributed by atoms with van der Waals surface area (Å²) in [5, 5.41) is 11.8. The molecular weight excluding hydrogens is 178 g/mol. The van der Waals surface area contributed by atoms with Crippen molar-refractivity contribution in [3.8, 4) is 0 Å². The van der Waals surface area contributed by atoms with Gasteiger partial charge in [-0.3, -0.25) is 9.97 Å². The Morgan fingerprint density at radius 1 is 1.29 bits per heavy atom. The third kappa shape index (κ3) is 4.30. The van der Waals surface area contributed by atoms with E-state index in [0.29, 0.717) is 0 Å².